The Hall–Kier alpha value is -3.99. The number of pyridine rings is 1. The maximum absolute atomic E-state index is 14.5. The molecule has 3 N–H and O–H groups in total. The minimum atomic E-state index is -0.998. The van der Waals surface area contributed by atoms with E-state index in [9.17, 15) is 9.18 Å². The van der Waals surface area contributed by atoms with Crippen molar-refractivity contribution in [2.75, 3.05) is 47.2 Å². The monoisotopic (exact) mass is 479 g/mol. The number of hydrogen-bond donors (Lipinski definition) is 3. The Labute approximate surface area is 201 Å². The van der Waals surface area contributed by atoms with Crippen LogP contribution < -0.4 is 25.6 Å². The number of carbonyl (C=O) groups excluding carboxylic acids is 1. The maximum atomic E-state index is 14.5. The smallest absolute Gasteiger partial charge is 0.269 e. The first-order valence-electron chi connectivity index (χ1n) is 11.3. The Morgan fingerprint density at radius 2 is 1.91 bits per heavy atom. The van der Waals surface area contributed by atoms with Crippen LogP contribution in [0.4, 0.5) is 39.2 Å². The molecule has 1 fully saturated rings. The van der Waals surface area contributed by atoms with Crippen LogP contribution in [-0.2, 0) is 9.53 Å². The molecule has 0 aliphatic carbocycles. The summed E-state index contributed by atoms with van der Waals surface area (Å²) in [6, 6.07) is 9.25. The summed E-state index contributed by atoms with van der Waals surface area (Å²) in [5.74, 6) is 0.189. The molecular formula is C24H26FN7O3. The lowest BCUT2D eigenvalue weighted by atomic mass is 10.1. The molecule has 1 saturated heterocycles. The molecule has 4 heterocycles. The number of amides is 1. The Kier molecular flexibility index (Phi) is 5.85. The number of halogens is 1. The molecule has 35 heavy (non-hydrogen) atoms. The highest BCUT2D eigenvalue weighted by Gasteiger charge is 2.36. The van der Waals surface area contributed by atoms with Gasteiger partial charge in [0.25, 0.3) is 5.91 Å². The second kappa shape index (κ2) is 8.99. The molecule has 0 spiro atoms. The topological polar surface area (TPSA) is 114 Å². The quantitative estimate of drug-likeness (QED) is 0.503. The standard InChI is InChI=1S/C24H26FN7O3/c1-14-12-15(4-5-17(14)32-8-10-34-11-9-32)27-23-26-13-16(25)20(31-23)28-19-7-6-18-21(29-19)30-22(33)24(2,3)35-18/h4-7,12-13H,8-11H2,1-3H3,(H3,26,27,28,29,30,31,33). The van der Waals surface area contributed by atoms with Crippen LogP contribution in [0.1, 0.15) is 19.4 Å². The highest BCUT2D eigenvalue weighted by Crippen LogP contribution is 2.33. The van der Waals surface area contributed by atoms with E-state index in [1.54, 1.807) is 26.0 Å². The maximum Gasteiger partial charge on any atom is 0.269 e. The van der Waals surface area contributed by atoms with E-state index < -0.39 is 11.4 Å². The number of anilines is 6. The number of morpholine rings is 1. The Bertz CT molecular complexity index is 1280. The lowest BCUT2D eigenvalue weighted by Crippen LogP contribution is -2.46. The van der Waals surface area contributed by atoms with Gasteiger partial charge in [-0.15, -0.1) is 0 Å². The summed E-state index contributed by atoms with van der Waals surface area (Å²) < 4.78 is 25.6. The number of fused-ring (bicyclic) bond motifs is 1. The van der Waals surface area contributed by atoms with Gasteiger partial charge >= 0.3 is 0 Å². The fourth-order valence-corrected chi connectivity index (χ4v) is 3.92. The number of rotatable bonds is 5. The average molecular weight is 480 g/mol. The molecule has 2 aliphatic heterocycles. The SMILES string of the molecule is Cc1cc(Nc2ncc(F)c(Nc3ccc4c(n3)NC(=O)C(C)(C)O4)n2)ccc1N1CCOCC1. The fraction of sp³-hybridized carbons (Fsp3) is 0.333. The molecule has 2 aromatic heterocycles. The van der Waals surface area contributed by atoms with Crippen molar-refractivity contribution >= 4 is 40.7 Å². The van der Waals surface area contributed by atoms with Gasteiger partial charge in [-0.2, -0.15) is 4.98 Å². The predicted molar refractivity (Wildman–Crippen MR) is 130 cm³/mol. The number of ether oxygens (including phenoxy) is 2. The van der Waals surface area contributed by atoms with Crippen LogP contribution >= 0.6 is 0 Å². The highest BCUT2D eigenvalue weighted by atomic mass is 19.1. The van der Waals surface area contributed by atoms with E-state index in [0.717, 1.165) is 49.4 Å². The van der Waals surface area contributed by atoms with E-state index in [4.69, 9.17) is 9.47 Å². The summed E-state index contributed by atoms with van der Waals surface area (Å²) in [4.78, 5) is 27.1. The summed E-state index contributed by atoms with van der Waals surface area (Å²) >= 11 is 0. The zero-order valence-electron chi connectivity index (χ0n) is 19.7. The number of aryl methyl sites for hydroxylation is 1. The molecule has 2 aliphatic rings. The minimum Gasteiger partial charge on any atom is -0.474 e. The van der Waals surface area contributed by atoms with Gasteiger partial charge in [0, 0.05) is 24.5 Å². The molecule has 10 nitrogen and oxygen atoms in total. The van der Waals surface area contributed by atoms with Crippen molar-refractivity contribution in [3.63, 3.8) is 0 Å². The summed E-state index contributed by atoms with van der Waals surface area (Å²) in [7, 11) is 0. The summed E-state index contributed by atoms with van der Waals surface area (Å²) in [5.41, 5.74) is 2.04. The van der Waals surface area contributed by atoms with Crippen molar-refractivity contribution in [2.45, 2.75) is 26.4 Å². The number of nitrogens with zero attached hydrogens (tertiary/aromatic N) is 4. The van der Waals surface area contributed by atoms with Crippen LogP contribution in [0.25, 0.3) is 0 Å². The molecule has 1 amide bonds. The van der Waals surface area contributed by atoms with Gasteiger partial charge in [0.1, 0.15) is 5.82 Å². The van der Waals surface area contributed by atoms with Gasteiger partial charge in [-0.25, -0.2) is 14.4 Å². The number of hydrogen-bond acceptors (Lipinski definition) is 9. The van der Waals surface area contributed by atoms with E-state index in [2.05, 4.69) is 35.8 Å². The summed E-state index contributed by atoms with van der Waals surface area (Å²) in [6.45, 7) is 8.52. The van der Waals surface area contributed by atoms with Crippen LogP contribution in [0.3, 0.4) is 0 Å². The zero-order chi connectivity index (χ0) is 24.6. The van der Waals surface area contributed by atoms with Gasteiger partial charge in [-0.05, 0) is 56.7 Å². The van der Waals surface area contributed by atoms with Crippen molar-refractivity contribution < 1.29 is 18.7 Å². The van der Waals surface area contributed by atoms with Crippen molar-refractivity contribution in [3.8, 4) is 5.75 Å². The Balaban J connectivity index is 1.32. The van der Waals surface area contributed by atoms with E-state index in [-0.39, 0.29) is 23.5 Å². The number of carbonyl (C=O) groups is 1. The van der Waals surface area contributed by atoms with Crippen LogP contribution in [0.5, 0.6) is 5.75 Å². The van der Waals surface area contributed by atoms with Crippen molar-refractivity contribution in [3.05, 3.63) is 47.9 Å². The van der Waals surface area contributed by atoms with Gasteiger partial charge in [-0.3, -0.25) is 4.79 Å². The molecule has 1 aromatic carbocycles. The Morgan fingerprint density at radius 3 is 2.69 bits per heavy atom. The third kappa shape index (κ3) is 4.80. The van der Waals surface area contributed by atoms with Gasteiger partial charge in [0.05, 0.1) is 19.4 Å². The molecular weight excluding hydrogens is 453 g/mol. The normalized spacial score (nSPS) is 16.7. The molecule has 5 rings (SSSR count). The van der Waals surface area contributed by atoms with E-state index in [1.165, 1.54) is 0 Å². The second-order valence-electron chi connectivity index (χ2n) is 8.85. The zero-order valence-corrected chi connectivity index (χ0v) is 19.7. The first-order valence-corrected chi connectivity index (χ1v) is 11.3. The third-order valence-corrected chi connectivity index (χ3v) is 5.80. The molecule has 0 saturated carbocycles. The molecule has 3 aromatic rings. The van der Waals surface area contributed by atoms with Gasteiger partial charge in [-0.1, -0.05) is 0 Å². The van der Waals surface area contributed by atoms with Crippen LogP contribution in [0.15, 0.2) is 36.5 Å². The van der Waals surface area contributed by atoms with Gasteiger partial charge in [0.2, 0.25) is 5.95 Å². The molecule has 11 heteroatoms. The lowest BCUT2D eigenvalue weighted by molar-refractivity contribution is -0.129. The van der Waals surface area contributed by atoms with Crippen molar-refractivity contribution in [2.24, 2.45) is 0 Å². The number of benzene rings is 1. The predicted octanol–water partition coefficient (Wildman–Crippen LogP) is 3.75. The first-order chi connectivity index (χ1) is 16.8. The number of nitrogens with one attached hydrogen (secondary N) is 3. The van der Waals surface area contributed by atoms with E-state index in [1.807, 2.05) is 25.1 Å². The average Bonchev–Trinajstić information content (AvgIpc) is 2.83. The largest absolute Gasteiger partial charge is 0.474 e. The molecule has 182 valence electrons. The van der Waals surface area contributed by atoms with E-state index in [0.29, 0.717) is 11.6 Å². The fourth-order valence-electron chi connectivity index (χ4n) is 3.92. The first kappa shape index (κ1) is 22.8. The second-order valence-corrected chi connectivity index (χ2v) is 8.85. The van der Waals surface area contributed by atoms with Crippen molar-refractivity contribution in [1.82, 2.24) is 15.0 Å². The van der Waals surface area contributed by atoms with Gasteiger partial charge in [0.15, 0.2) is 28.8 Å². The van der Waals surface area contributed by atoms with Gasteiger partial charge < -0.3 is 30.3 Å². The highest BCUT2D eigenvalue weighted by molar-refractivity contribution is 5.99. The van der Waals surface area contributed by atoms with E-state index >= 15 is 0 Å². The molecule has 0 radical (unpaired) electrons. The molecule has 0 bridgehead atoms. The van der Waals surface area contributed by atoms with Crippen LogP contribution in [0, 0.1) is 12.7 Å². The minimum absolute atomic E-state index is 0.0556. The Morgan fingerprint density at radius 1 is 1.11 bits per heavy atom. The van der Waals surface area contributed by atoms with Crippen LogP contribution in [0.2, 0.25) is 0 Å². The number of aromatic nitrogens is 3. The lowest BCUT2D eigenvalue weighted by Gasteiger charge is -2.30. The third-order valence-electron chi connectivity index (χ3n) is 5.80. The molecule has 0 unspecified atom stereocenters. The van der Waals surface area contributed by atoms with Crippen molar-refractivity contribution in [1.29, 1.82) is 0 Å². The van der Waals surface area contributed by atoms with Crippen LogP contribution in [-0.4, -0.2) is 52.8 Å². The molecule has 0 atom stereocenters. The summed E-state index contributed by atoms with van der Waals surface area (Å²) in [5, 5.41) is 8.67. The summed E-state index contributed by atoms with van der Waals surface area (Å²) in [6.07, 6.45) is 1.08.